The summed E-state index contributed by atoms with van der Waals surface area (Å²) in [7, 11) is 0. The summed E-state index contributed by atoms with van der Waals surface area (Å²) in [5, 5.41) is 7.05. The van der Waals surface area contributed by atoms with Gasteiger partial charge in [0.25, 0.3) is 0 Å². The van der Waals surface area contributed by atoms with Crippen molar-refractivity contribution in [2.24, 2.45) is 0 Å². The third-order valence-corrected chi connectivity index (χ3v) is 3.54. The van der Waals surface area contributed by atoms with E-state index < -0.39 is 5.82 Å². The fourth-order valence-electron chi connectivity index (χ4n) is 1.61. The SMILES string of the molecule is Cc1c(Cl)cccc1NC(=S)Nc1cc(Cl)ccc1F. The maximum absolute atomic E-state index is 13.6. The van der Waals surface area contributed by atoms with Crippen LogP contribution in [0.1, 0.15) is 5.56 Å². The second kappa shape index (κ2) is 6.39. The highest BCUT2D eigenvalue weighted by Gasteiger charge is 2.07. The highest BCUT2D eigenvalue weighted by molar-refractivity contribution is 7.80. The molecule has 2 nitrogen and oxygen atoms in total. The van der Waals surface area contributed by atoms with Crippen molar-refractivity contribution in [3.8, 4) is 0 Å². The van der Waals surface area contributed by atoms with E-state index in [1.165, 1.54) is 18.2 Å². The number of hydrogen-bond acceptors (Lipinski definition) is 1. The number of hydrogen-bond donors (Lipinski definition) is 2. The Morgan fingerprint density at radius 3 is 2.55 bits per heavy atom. The summed E-state index contributed by atoms with van der Waals surface area (Å²) < 4.78 is 13.6. The van der Waals surface area contributed by atoms with Gasteiger partial charge in [0.1, 0.15) is 5.82 Å². The van der Waals surface area contributed by atoms with E-state index in [0.29, 0.717) is 10.0 Å². The zero-order chi connectivity index (χ0) is 14.7. The quantitative estimate of drug-likeness (QED) is 0.736. The molecule has 0 aliphatic carbocycles. The molecule has 0 saturated heterocycles. The van der Waals surface area contributed by atoms with Crippen LogP contribution in [-0.2, 0) is 0 Å². The maximum atomic E-state index is 13.6. The van der Waals surface area contributed by atoms with Crippen molar-refractivity contribution in [1.82, 2.24) is 0 Å². The molecule has 0 aliphatic rings. The predicted octanol–water partition coefficient (Wildman–Crippen LogP) is 5.25. The Bertz CT molecular complexity index is 656. The number of benzene rings is 2. The summed E-state index contributed by atoms with van der Waals surface area (Å²) >= 11 is 17.0. The first-order valence-corrected chi connectivity index (χ1v) is 6.92. The van der Waals surface area contributed by atoms with Crippen LogP contribution in [0.25, 0.3) is 0 Å². The van der Waals surface area contributed by atoms with Gasteiger partial charge in [-0.1, -0.05) is 29.3 Å². The summed E-state index contributed by atoms with van der Waals surface area (Å²) in [5.41, 5.74) is 1.84. The average Bonchev–Trinajstić information content (AvgIpc) is 2.39. The first kappa shape index (κ1) is 15.0. The first-order chi connectivity index (χ1) is 9.47. The summed E-state index contributed by atoms with van der Waals surface area (Å²) in [6.45, 7) is 1.87. The minimum Gasteiger partial charge on any atom is -0.332 e. The molecule has 2 aromatic carbocycles. The third-order valence-electron chi connectivity index (χ3n) is 2.69. The lowest BCUT2D eigenvalue weighted by Crippen LogP contribution is -2.20. The standard InChI is InChI=1S/C14H11Cl2FN2S/c1-8-10(16)3-2-4-12(8)18-14(20)19-13-7-9(15)5-6-11(13)17/h2-7H,1H3,(H2,18,19,20). The molecule has 2 N–H and O–H groups in total. The van der Waals surface area contributed by atoms with Crippen molar-refractivity contribution in [3.63, 3.8) is 0 Å². The van der Waals surface area contributed by atoms with Gasteiger partial charge in [-0.25, -0.2) is 4.39 Å². The molecule has 0 unspecified atom stereocenters. The third kappa shape index (κ3) is 3.60. The molecule has 0 amide bonds. The van der Waals surface area contributed by atoms with E-state index in [1.54, 1.807) is 12.1 Å². The van der Waals surface area contributed by atoms with Crippen LogP contribution in [0.2, 0.25) is 10.0 Å². The Morgan fingerprint density at radius 2 is 1.80 bits per heavy atom. The summed E-state index contributed by atoms with van der Waals surface area (Å²) in [4.78, 5) is 0. The molecule has 20 heavy (non-hydrogen) atoms. The van der Waals surface area contributed by atoms with E-state index in [-0.39, 0.29) is 10.8 Å². The van der Waals surface area contributed by atoms with Gasteiger partial charge < -0.3 is 10.6 Å². The van der Waals surface area contributed by atoms with Crippen LogP contribution in [0.15, 0.2) is 36.4 Å². The molecule has 0 saturated carbocycles. The van der Waals surface area contributed by atoms with Gasteiger partial charge in [-0.2, -0.15) is 0 Å². The summed E-state index contributed by atoms with van der Waals surface area (Å²) in [6, 6.07) is 9.65. The van der Waals surface area contributed by atoms with E-state index in [2.05, 4.69) is 10.6 Å². The predicted molar refractivity (Wildman–Crippen MR) is 87.4 cm³/mol. The van der Waals surface area contributed by atoms with Crippen molar-refractivity contribution < 1.29 is 4.39 Å². The van der Waals surface area contributed by atoms with E-state index in [0.717, 1.165) is 11.3 Å². The second-order valence-corrected chi connectivity index (χ2v) is 5.37. The Hall–Kier alpha value is -1.36. The first-order valence-electron chi connectivity index (χ1n) is 5.75. The molecule has 0 bridgehead atoms. The van der Waals surface area contributed by atoms with Gasteiger partial charge in [-0.3, -0.25) is 0 Å². The van der Waals surface area contributed by atoms with E-state index >= 15 is 0 Å². The van der Waals surface area contributed by atoms with Crippen LogP contribution in [0.4, 0.5) is 15.8 Å². The lowest BCUT2D eigenvalue weighted by molar-refractivity contribution is 0.632. The van der Waals surface area contributed by atoms with Crippen molar-refractivity contribution >= 4 is 51.9 Å². The van der Waals surface area contributed by atoms with Gasteiger partial charge in [0.2, 0.25) is 0 Å². The lowest BCUT2D eigenvalue weighted by Gasteiger charge is -2.13. The molecule has 0 aromatic heterocycles. The number of thiocarbonyl (C=S) groups is 1. The van der Waals surface area contributed by atoms with Crippen molar-refractivity contribution in [1.29, 1.82) is 0 Å². The Labute approximate surface area is 131 Å². The molecule has 0 atom stereocenters. The van der Waals surface area contributed by atoms with Crippen LogP contribution in [-0.4, -0.2) is 5.11 Å². The molecule has 0 fully saturated rings. The Balaban J connectivity index is 2.13. The second-order valence-electron chi connectivity index (χ2n) is 4.12. The number of anilines is 2. The normalized spacial score (nSPS) is 10.2. The highest BCUT2D eigenvalue weighted by atomic mass is 35.5. The van der Waals surface area contributed by atoms with Crippen LogP contribution in [0.5, 0.6) is 0 Å². The fraction of sp³-hybridized carbons (Fsp3) is 0.0714. The molecule has 6 heteroatoms. The fourth-order valence-corrected chi connectivity index (χ4v) is 2.18. The van der Waals surface area contributed by atoms with Gasteiger partial charge in [0.05, 0.1) is 5.69 Å². The van der Waals surface area contributed by atoms with Gasteiger partial charge in [0.15, 0.2) is 5.11 Å². The van der Waals surface area contributed by atoms with Crippen molar-refractivity contribution in [3.05, 3.63) is 57.8 Å². The van der Waals surface area contributed by atoms with E-state index in [4.69, 9.17) is 35.4 Å². The topological polar surface area (TPSA) is 24.1 Å². The maximum Gasteiger partial charge on any atom is 0.175 e. The molecular weight excluding hydrogens is 318 g/mol. The summed E-state index contributed by atoms with van der Waals surface area (Å²) in [5.74, 6) is -0.429. The highest BCUT2D eigenvalue weighted by Crippen LogP contribution is 2.24. The van der Waals surface area contributed by atoms with Gasteiger partial charge in [-0.15, -0.1) is 0 Å². The van der Waals surface area contributed by atoms with Crippen LogP contribution < -0.4 is 10.6 Å². The van der Waals surface area contributed by atoms with E-state index in [9.17, 15) is 4.39 Å². The minimum absolute atomic E-state index is 0.217. The summed E-state index contributed by atoms with van der Waals surface area (Å²) in [6.07, 6.45) is 0. The number of halogens is 3. The smallest absolute Gasteiger partial charge is 0.175 e. The molecule has 2 aromatic rings. The van der Waals surface area contributed by atoms with Crippen LogP contribution in [0.3, 0.4) is 0 Å². The van der Waals surface area contributed by atoms with Gasteiger partial charge >= 0.3 is 0 Å². The van der Waals surface area contributed by atoms with Crippen molar-refractivity contribution in [2.45, 2.75) is 6.92 Å². The molecule has 104 valence electrons. The molecular formula is C14H11Cl2FN2S. The zero-order valence-corrected chi connectivity index (χ0v) is 12.8. The minimum atomic E-state index is -0.429. The number of rotatable bonds is 2. The Morgan fingerprint density at radius 1 is 1.10 bits per heavy atom. The number of nitrogens with one attached hydrogen (secondary N) is 2. The monoisotopic (exact) mass is 328 g/mol. The van der Waals surface area contributed by atoms with Gasteiger partial charge in [0, 0.05) is 15.7 Å². The van der Waals surface area contributed by atoms with Crippen LogP contribution in [0, 0.1) is 12.7 Å². The van der Waals surface area contributed by atoms with Gasteiger partial charge in [-0.05, 0) is 55.0 Å². The average molecular weight is 329 g/mol. The Kier molecular flexibility index (Phi) is 4.81. The molecule has 2 rings (SSSR count). The molecule has 0 spiro atoms. The van der Waals surface area contributed by atoms with Crippen LogP contribution >= 0.6 is 35.4 Å². The largest absolute Gasteiger partial charge is 0.332 e. The van der Waals surface area contributed by atoms with E-state index in [1.807, 2.05) is 13.0 Å². The molecule has 0 aliphatic heterocycles. The van der Waals surface area contributed by atoms with Crippen molar-refractivity contribution in [2.75, 3.05) is 10.6 Å². The molecule has 0 heterocycles. The zero-order valence-electron chi connectivity index (χ0n) is 10.5. The lowest BCUT2D eigenvalue weighted by atomic mass is 10.2. The molecule has 0 radical (unpaired) electrons.